The molecule has 1 amide bonds. The van der Waals surface area contributed by atoms with Gasteiger partial charge in [-0.05, 0) is 50.9 Å². The van der Waals surface area contributed by atoms with Crippen LogP contribution in [0.5, 0.6) is 5.75 Å². The fraction of sp³-hybridized carbons (Fsp3) is 0.533. The van der Waals surface area contributed by atoms with Gasteiger partial charge in [-0.15, -0.1) is 0 Å². The first-order valence-electron chi connectivity index (χ1n) is 7.02. The van der Waals surface area contributed by atoms with Gasteiger partial charge in [-0.2, -0.15) is 0 Å². The lowest BCUT2D eigenvalue weighted by atomic mass is 9.94. The fourth-order valence-electron chi connectivity index (χ4n) is 2.40. The number of nitrogens with one attached hydrogen (secondary N) is 2. The lowest BCUT2D eigenvalue weighted by molar-refractivity contribution is -0.117. The molecular formula is C15H22N2O2. The number of benzene rings is 1. The van der Waals surface area contributed by atoms with Gasteiger partial charge in [-0.25, -0.2) is 0 Å². The summed E-state index contributed by atoms with van der Waals surface area (Å²) < 4.78 is 5.50. The van der Waals surface area contributed by atoms with Gasteiger partial charge in [0.1, 0.15) is 5.75 Å². The summed E-state index contributed by atoms with van der Waals surface area (Å²) in [6, 6.07) is 7.57. The lowest BCUT2D eigenvalue weighted by Gasteiger charge is -2.22. The molecule has 0 atom stereocenters. The Hall–Kier alpha value is -1.55. The number of hydrogen-bond donors (Lipinski definition) is 2. The van der Waals surface area contributed by atoms with Crippen molar-refractivity contribution in [3.05, 3.63) is 24.3 Å². The second-order valence-corrected chi connectivity index (χ2v) is 4.87. The minimum Gasteiger partial charge on any atom is -0.492 e. The van der Waals surface area contributed by atoms with E-state index in [1.54, 1.807) is 0 Å². The summed E-state index contributed by atoms with van der Waals surface area (Å²) in [4.78, 5) is 12.1. The number of hydrogen-bond acceptors (Lipinski definition) is 3. The highest BCUT2D eigenvalue weighted by Gasteiger charge is 2.17. The summed E-state index contributed by atoms with van der Waals surface area (Å²) in [5.41, 5.74) is 0.767. The zero-order valence-corrected chi connectivity index (χ0v) is 11.4. The fourth-order valence-corrected chi connectivity index (χ4v) is 2.40. The molecule has 1 aromatic carbocycles. The van der Waals surface area contributed by atoms with E-state index in [1.807, 2.05) is 31.2 Å². The van der Waals surface area contributed by atoms with E-state index in [0.29, 0.717) is 18.9 Å². The summed E-state index contributed by atoms with van der Waals surface area (Å²) in [7, 11) is 0. The zero-order valence-electron chi connectivity index (χ0n) is 11.4. The summed E-state index contributed by atoms with van der Waals surface area (Å²) in [6.07, 6.45) is 2.77. The molecule has 0 aromatic heterocycles. The quantitative estimate of drug-likeness (QED) is 0.856. The average Bonchev–Trinajstić information content (AvgIpc) is 2.42. The number of rotatable bonds is 5. The van der Waals surface area contributed by atoms with Crippen LogP contribution in [0, 0.1) is 5.92 Å². The van der Waals surface area contributed by atoms with Crippen LogP contribution in [0.15, 0.2) is 24.3 Å². The molecule has 1 aliphatic heterocycles. The van der Waals surface area contributed by atoms with Crippen LogP contribution in [0.2, 0.25) is 0 Å². The van der Waals surface area contributed by atoms with Crippen molar-refractivity contribution < 1.29 is 9.53 Å². The second-order valence-electron chi connectivity index (χ2n) is 4.87. The standard InChI is InChI=1S/C15H22N2O2/c1-2-19-14-6-4-3-5-13(14)17-15(18)11-12-7-9-16-10-8-12/h3-6,12,16H,2,7-11H2,1H3,(H,17,18). The Morgan fingerprint density at radius 2 is 2.11 bits per heavy atom. The van der Waals surface area contributed by atoms with Crippen LogP contribution < -0.4 is 15.4 Å². The number of carbonyl (C=O) groups is 1. The molecule has 0 bridgehead atoms. The van der Waals surface area contributed by atoms with Gasteiger partial charge in [0.15, 0.2) is 0 Å². The van der Waals surface area contributed by atoms with Gasteiger partial charge in [0.25, 0.3) is 0 Å². The van der Waals surface area contributed by atoms with Crippen LogP contribution in [-0.2, 0) is 4.79 Å². The van der Waals surface area contributed by atoms with Gasteiger partial charge in [0, 0.05) is 6.42 Å². The third-order valence-electron chi connectivity index (χ3n) is 3.39. The number of piperidine rings is 1. The summed E-state index contributed by atoms with van der Waals surface area (Å²) in [5.74, 6) is 1.32. The highest BCUT2D eigenvalue weighted by molar-refractivity contribution is 5.92. The molecule has 104 valence electrons. The van der Waals surface area contributed by atoms with Crippen molar-refractivity contribution in [1.29, 1.82) is 0 Å². The van der Waals surface area contributed by atoms with Crippen molar-refractivity contribution in [3.8, 4) is 5.75 Å². The Kier molecular flexibility index (Phi) is 5.21. The average molecular weight is 262 g/mol. The Balaban J connectivity index is 1.90. The molecule has 0 radical (unpaired) electrons. The van der Waals surface area contributed by atoms with E-state index in [4.69, 9.17) is 4.74 Å². The topological polar surface area (TPSA) is 50.4 Å². The SMILES string of the molecule is CCOc1ccccc1NC(=O)CC1CCNCC1. The summed E-state index contributed by atoms with van der Waals surface area (Å²) in [6.45, 7) is 4.58. The van der Waals surface area contributed by atoms with Crippen LogP contribution in [0.4, 0.5) is 5.69 Å². The normalized spacial score (nSPS) is 16.1. The number of anilines is 1. The number of para-hydroxylation sites is 2. The Labute approximate surface area is 114 Å². The zero-order chi connectivity index (χ0) is 13.5. The molecule has 0 saturated carbocycles. The molecule has 1 aliphatic rings. The second kappa shape index (κ2) is 7.14. The first kappa shape index (κ1) is 13.9. The van der Waals surface area contributed by atoms with Crippen LogP contribution in [-0.4, -0.2) is 25.6 Å². The monoisotopic (exact) mass is 262 g/mol. The van der Waals surface area contributed by atoms with E-state index in [0.717, 1.165) is 37.4 Å². The maximum absolute atomic E-state index is 12.1. The molecule has 19 heavy (non-hydrogen) atoms. The van der Waals surface area contributed by atoms with Crippen molar-refractivity contribution >= 4 is 11.6 Å². The minimum absolute atomic E-state index is 0.0825. The van der Waals surface area contributed by atoms with Crippen molar-refractivity contribution in [2.45, 2.75) is 26.2 Å². The van der Waals surface area contributed by atoms with Gasteiger partial charge < -0.3 is 15.4 Å². The van der Waals surface area contributed by atoms with Crippen LogP contribution in [0.3, 0.4) is 0 Å². The van der Waals surface area contributed by atoms with E-state index in [1.165, 1.54) is 0 Å². The largest absolute Gasteiger partial charge is 0.492 e. The summed E-state index contributed by atoms with van der Waals surface area (Å²) in [5, 5.41) is 6.27. The number of ether oxygens (including phenoxy) is 1. The molecule has 1 fully saturated rings. The first-order chi connectivity index (χ1) is 9.29. The maximum Gasteiger partial charge on any atom is 0.224 e. The molecule has 4 nitrogen and oxygen atoms in total. The minimum atomic E-state index is 0.0825. The van der Waals surface area contributed by atoms with Gasteiger partial charge in [0.05, 0.1) is 12.3 Å². The Morgan fingerprint density at radius 3 is 2.84 bits per heavy atom. The third-order valence-corrected chi connectivity index (χ3v) is 3.39. The highest BCUT2D eigenvalue weighted by atomic mass is 16.5. The van der Waals surface area contributed by atoms with E-state index in [2.05, 4.69) is 10.6 Å². The molecular weight excluding hydrogens is 240 g/mol. The predicted molar refractivity (Wildman–Crippen MR) is 76.5 cm³/mol. The Bertz CT molecular complexity index is 414. The van der Waals surface area contributed by atoms with E-state index in [-0.39, 0.29) is 5.91 Å². The summed E-state index contributed by atoms with van der Waals surface area (Å²) >= 11 is 0. The molecule has 1 heterocycles. The molecule has 0 aliphatic carbocycles. The maximum atomic E-state index is 12.1. The van der Waals surface area contributed by atoms with Crippen LogP contribution in [0.1, 0.15) is 26.2 Å². The highest BCUT2D eigenvalue weighted by Crippen LogP contribution is 2.25. The van der Waals surface area contributed by atoms with E-state index in [9.17, 15) is 4.79 Å². The van der Waals surface area contributed by atoms with E-state index < -0.39 is 0 Å². The molecule has 1 aromatic rings. The molecule has 4 heteroatoms. The van der Waals surface area contributed by atoms with Crippen molar-refractivity contribution in [1.82, 2.24) is 5.32 Å². The molecule has 0 unspecified atom stereocenters. The Morgan fingerprint density at radius 1 is 1.37 bits per heavy atom. The number of carbonyl (C=O) groups excluding carboxylic acids is 1. The van der Waals surface area contributed by atoms with E-state index >= 15 is 0 Å². The molecule has 2 N–H and O–H groups in total. The van der Waals surface area contributed by atoms with Crippen molar-refractivity contribution in [2.75, 3.05) is 25.0 Å². The predicted octanol–water partition coefficient (Wildman–Crippen LogP) is 2.41. The van der Waals surface area contributed by atoms with Gasteiger partial charge in [-0.1, -0.05) is 12.1 Å². The molecule has 1 saturated heterocycles. The number of amides is 1. The molecule has 0 spiro atoms. The lowest BCUT2D eigenvalue weighted by Crippen LogP contribution is -2.30. The van der Waals surface area contributed by atoms with Crippen LogP contribution in [0.25, 0.3) is 0 Å². The van der Waals surface area contributed by atoms with Crippen molar-refractivity contribution in [3.63, 3.8) is 0 Å². The van der Waals surface area contributed by atoms with Crippen molar-refractivity contribution in [2.24, 2.45) is 5.92 Å². The van der Waals surface area contributed by atoms with Crippen LogP contribution >= 0.6 is 0 Å². The van der Waals surface area contributed by atoms with Gasteiger partial charge >= 0.3 is 0 Å². The van der Waals surface area contributed by atoms with Gasteiger partial charge in [-0.3, -0.25) is 4.79 Å². The molecule has 2 rings (SSSR count). The first-order valence-corrected chi connectivity index (χ1v) is 7.02. The van der Waals surface area contributed by atoms with Gasteiger partial charge in [0.2, 0.25) is 5.91 Å². The third kappa shape index (κ3) is 4.24. The smallest absolute Gasteiger partial charge is 0.224 e.